The van der Waals surface area contributed by atoms with Crippen LogP contribution in [0.1, 0.15) is 348 Å². The molecule has 0 radical (unpaired) electrons. The van der Waals surface area contributed by atoms with Crippen molar-refractivity contribution in [1.29, 1.82) is 0 Å². The smallest absolute Gasteiger partial charge is 0.306 e. The summed E-state index contributed by atoms with van der Waals surface area (Å²) in [6.07, 6.45) is 113. The van der Waals surface area contributed by atoms with Crippen LogP contribution in [0.5, 0.6) is 0 Å². The maximum atomic E-state index is 13.0. The fourth-order valence-electron chi connectivity index (χ4n) is 11.4. The molecule has 0 aromatic heterocycles. The molecule has 0 bridgehead atoms. The lowest BCUT2D eigenvalue weighted by Crippen LogP contribution is -2.44. The largest absolute Gasteiger partial charge is 0.545 e. The second-order valence-electron chi connectivity index (χ2n) is 28.3. The summed E-state index contributed by atoms with van der Waals surface area (Å²) >= 11 is 0. The van der Waals surface area contributed by atoms with E-state index in [0.717, 1.165) is 116 Å². The van der Waals surface area contributed by atoms with Gasteiger partial charge in [-0.15, -0.1) is 0 Å². The Labute approximate surface area is 611 Å². The average Bonchev–Trinajstić information content (AvgIpc) is 1.14. The molecule has 0 fully saturated rings. The Morgan fingerprint density at radius 3 is 0.808 bits per heavy atom. The third kappa shape index (κ3) is 80.4. The number of aliphatic carboxylic acids is 1. The van der Waals surface area contributed by atoms with E-state index < -0.39 is 24.3 Å². The first-order chi connectivity index (χ1) is 48.6. The molecular weight excluding hydrogens is 1220 g/mol. The Hall–Kier alpha value is -4.83. The molecule has 0 N–H and O–H groups in total. The van der Waals surface area contributed by atoms with Gasteiger partial charge in [0.25, 0.3) is 0 Å². The topological polar surface area (TPSA) is 111 Å². The fourth-order valence-corrected chi connectivity index (χ4v) is 11.4. The van der Waals surface area contributed by atoms with E-state index in [1.165, 1.54) is 199 Å². The Bertz CT molecular complexity index is 2150. The Morgan fingerprint density at radius 1 is 0.303 bits per heavy atom. The van der Waals surface area contributed by atoms with Gasteiger partial charge in [-0.2, -0.15) is 0 Å². The Morgan fingerprint density at radius 2 is 0.545 bits per heavy atom. The van der Waals surface area contributed by atoms with Crippen LogP contribution < -0.4 is 5.11 Å². The van der Waals surface area contributed by atoms with E-state index in [0.29, 0.717) is 23.9 Å². The molecule has 0 aromatic carbocycles. The van der Waals surface area contributed by atoms with Crippen molar-refractivity contribution in [3.63, 3.8) is 0 Å². The van der Waals surface area contributed by atoms with Gasteiger partial charge in [0.2, 0.25) is 0 Å². The van der Waals surface area contributed by atoms with Crippen LogP contribution in [0.25, 0.3) is 0 Å². The Kier molecular flexibility index (Phi) is 75.0. The lowest BCUT2D eigenvalue weighted by molar-refractivity contribution is -0.870. The monoisotopic (exact) mass is 1380 g/mol. The Balaban J connectivity index is 4.02. The summed E-state index contributed by atoms with van der Waals surface area (Å²) in [5.74, 6) is -2.27. The predicted octanol–water partition coefficient (Wildman–Crippen LogP) is 25.3. The lowest BCUT2D eigenvalue weighted by Gasteiger charge is -2.26. The van der Waals surface area contributed by atoms with Gasteiger partial charge in [0.1, 0.15) is 13.2 Å². The minimum absolute atomic E-state index is 0.145. The molecule has 9 heteroatoms. The van der Waals surface area contributed by atoms with Crippen molar-refractivity contribution in [3.8, 4) is 0 Å². The SMILES string of the molecule is CC/C=C\C/C=C\C/C=C\C/C=C\C/C=C\C/C=C\C/C=C\CCCCCCCCCCCCCCCCCCCC(=O)OC(COC(=O)CCCCCCCCCCCCCCCCCCCCC/C=C\C/C=C\C/C=C\C/C=C\C/C=C\CC)COC(OCC[N+](C)(C)C)C(=O)[O-]. The molecular formula is C90H153NO8. The summed E-state index contributed by atoms with van der Waals surface area (Å²) < 4.78 is 22.9. The summed E-state index contributed by atoms with van der Waals surface area (Å²) in [6, 6.07) is 0. The minimum atomic E-state index is -1.63. The van der Waals surface area contributed by atoms with Gasteiger partial charge in [-0.25, -0.2) is 0 Å². The molecule has 99 heavy (non-hydrogen) atoms. The van der Waals surface area contributed by atoms with Crippen molar-refractivity contribution in [1.82, 2.24) is 0 Å². The third-order valence-corrected chi connectivity index (χ3v) is 17.6. The van der Waals surface area contributed by atoms with E-state index in [1.807, 2.05) is 21.1 Å². The first-order valence-corrected chi connectivity index (χ1v) is 41.0. The van der Waals surface area contributed by atoms with Crippen LogP contribution in [0, 0.1) is 0 Å². The second kappa shape index (κ2) is 78.9. The van der Waals surface area contributed by atoms with E-state index in [1.54, 1.807) is 0 Å². The highest BCUT2D eigenvalue weighted by molar-refractivity contribution is 5.70. The molecule has 0 aliphatic rings. The van der Waals surface area contributed by atoms with Gasteiger partial charge in [0, 0.05) is 12.8 Å². The molecule has 2 atom stereocenters. The number of hydrogen-bond acceptors (Lipinski definition) is 8. The van der Waals surface area contributed by atoms with E-state index in [4.69, 9.17) is 18.9 Å². The normalized spacial score (nSPS) is 13.4. The lowest BCUT2D eigenvalue weighted by atomic mass is 10.0. The summed E-state index contributed by atoms with van der Waals surface area (Å²) in [6.45, 7) is 4.55. The van der Waals surface area contributed by atoms with Crippen LogP contribution in [0.15, 0.2) is 146 Å². The zero-order valence-electron chi connectivity index (χ0n) is 64.8. The average molecular weight is 1380 g/mol. The summed E-state index contributed by atoms with van der Waals surface area (Å²) in [5.41, 5.74) is 0. The first-order valence-electron chi connectivity index (χ1n) is 41.0. The number of ether oxygens (including phenoxy) is 4. The van der Waals surface area contributed by atoms with Gasteiger partial charge in [-0.1, -0.05) is 365 Å². The van der Waals surface area contributed by atoms with Crippen molar-refractivity contribution >= 4 is 17.9 Å². The molecule has 0 spiro atoms. The van der Waals surface area contributed by atoms with Gasteiger partial charge in [0.15, 0.2) is 12.4 Å². The van der Waals surface area contributed by atoms with E-state index >= 15 is 0 Å². The number of unbranched alkanes of at least 4 members (excludes halogenated alkanes) is 36. The van der Waals surface area contributed by atoms with Crippen LogP contribution in [-0.2, 0) is 33.3 Å². The van der Waals surface area contributed by atoms with Crippen molar-refractivity contribution < 1.29 is 42.9 Å². The molecule has 0 heterocycles. The van der Waals surface area contributed by atoms with Gasteiger partial charge in [0.05, 0.1) is 40.3 Å². The van der Waals surface area contributed by atoms with Crippen LogP contribution in [0.3, 0.4) is 0 Å². The first kappa shape index (κ1) is 94.2. The number of carboxylic acid groups (broad SMARTS) is 1. The molecule has 566 valence electrons. The quantitative estimate of drug-likeness (QED) is 0.0195. The molecule has 0 aliphatic heterocycles. The minimum Gasteiger partial charge on any atom is -0.545 e. The van der Waals surface area contributed by atoms with Crippen LogP contribution >= 0.6 is 0 Å². The summed E-state index contributed by atoms with van der Waals surface area (Å²) in [7, 11) is 5.94. The molecule has 0 amide bonds. The number of carbonyl (C=O) groups excluding carboxylic acids is 3. The number of rotatable bonds is 75. The molecule has 0 aliphatic carbocycles. The zero-order chi connectivity index (χ0) is 71.8. The van der Waals surface area contributed by atoms with Gasteiger partial charge in [-0.3, -0.25) is 9.59 Å². The molecule has 0 saturated carbocycles. The van der Waals surface area contributed by atoms with Crippen molar-refractivity contribution in [2.75, 3.05) is 47.5 Å². The zero-order valence-corrected chi connectivity index (χ0v) is 64.8. The number of quaternary nitrogens is 1. The highest BCUT2D eigenvalue weighted by Gasteiger charge is 2.22. The number of allylic oxidation sites excluding steroid dienone is 24. The van der Waals surface area contributed by atoms with Crippen LogP contribution in [0.4, 0.5) is 0 Å². The van der Waals surface area contributed by atoms with Gasteiger partial charge in [-0.05, 0) is 116 Å². The molecule has 0 aromatic rings. The maximum Gasteiger partial charge on any atom is 0.306 e. The van der Waals surface area contributed by atoms with Gasteiger partial charge >= 0.3 is 11.9 Å². The van der Waals surface area contributed by atoms with E-state index in [-0.39, 0.29) is 32.2 Å². The fraction of sp³-hybridized carbons (Fsp3) is 0.700. The predicted molar refractivity (Wildman–Crippen MR) is 426 cm³/mol. The number of carboxylic acids is 1. The van der Waals surface area contributed by atoms with Gasteiger partial charge < -0.3 is 33.3 Å². The summed E-state index contributed by atoms with van der Waals surface area (Å²) in [5, 5.41) is 11.9. The van der Waals surface area contributed by atoms with E-state index in [9.17, 15) is 19.5 Å². The van der Waals surface area contributed by atoms with Crippen LogP contribution in [0.2, 0.25) is 0 Å². The van der Waals surface area contributed by atoms with Crippen LogP contribution in [-0.4, -0.2) is 82.3 Å². The van der Waals surface area contributed by atoms with Crippen molar-refractivity contribution in [2.24, 2.45) is 0 Å². The maximum absolute atomic E-state index is 13.0. The standard InChI is InChI=1S/C90H153NO8/c1-6-8-10-12-14-16-18-20-22-24-26-28-30-32-34-36-38-40-42-43-44-45-47-49-51-53-55-57-59-61-63-65-67-69-71-73-75-77-79-81-88(93)99-86(85-98-90(89(94)95)96-83-82-91(3,4)5)84-97-87(92)80-78-76-74-72-70-68-66-64-62-60-58-56-54-52-50-48-46-41-39-37-35-33-31-29-27-25-23-21-19-17-15-13-11-9-7-2/h8-11,14-17,20-23,26-29,32-35,38,40,43-44,86,90H,6-7,12-13,18-19,24-25,30-31,36-37,39,41-42,45-85H2,1-5H3/b10-8-,11-9-,16-14-,17-15-,22-20-,23-21-,28-26-,29-27-,34-32-,35-33-,40-38-,44-43-. The second-order valence-corrected chi connectivity index (χ2v) is 28.3. The van der Waals surface area contributed by atoms with Crippen molar-refractivity contribution in [2.45, 2.75) is 360 Å². The number of nitrogens with zero attached hydrogens (tertiary/aromatic N) is 1. The number of likely N-dealkylation sites (N-methyl/N-ethyl adjacent to an activating group) is 1. The molecule has 2 unspecified atom stereocenters. The molecule has 0 saturated heterocycles. The number of carbonyl (C=O) groups is 3. The van der Waals surface area contributed by atoms with E-state index in [2.05, 4.69) is 160 Å². The van der Waals surface area contributed by atoms with Crippen molar-refractivity contribution in [3.05, 3.63) is 146 Å². The number of esters is 2. The number of hydrogen-bond donors (Lipinski definition) is 0. The highest BCUT2D eigenvalue weighted by atomic mass is 16.7. The molecule has 9 nitrogen and oxygen atoms in total. The highest BCUT2D eigenvalue weighted by Crippen LogP contribution is 2.19. The third-order valence-electron chi connectivity index (χ3n) is 17.6. The summed E-state index contributed by atoms with van der Waals surface area (Å²) in [4.78, 5) is 37.6. The molecule has 0 rings (SSSR count).